The van der Waals surface area contributed by atoms with E-state index in [1.54, 1.807) is 11.1 Å². The molecule has 0 saturated heterocycles. The number of thiol groups is 1. The summed E-state index contributed by atoms with van der Waals surface area (Å²) in [6, 6.07) is 0. The molecule has 3 rings (SSSR count). The molecule has 3 aliphatic carbocycles. The molecule has 0 aromatic rings. The van der Waals surface area contributed by atoms with E-state index in [0.29, 0.717) is 17.8 Å². The van der Waals surface area contributed by atoms with Crippen molar-refractivity contribution in [1.29, 1.82) is 0 Å². The summed E-state index contributed by atoms with van der Waals surface area (Å²) in [5, 5.41) is 0. The van der Waals surface area contributed by atoms with Crippen molar-refractivity contribution in [3.63, 3.8) is 0 Å². The third-order valence-corrected chi connectivity index (χ3v) is 6.84. The van der Waals surface area contributed by atoms with Crippen LogP contribution in [0.15, 0.2) is 46.4 Å². The molecule has 0 heterocycles. The minimum Gasteiger partial charge on any atom is -0.143 e. The van der Waals surface area contributed by atoms with Gasteiger partial charge in [-0.2, -0.15) is 0 Å². The van der Waals surface area contributed by atoms with E-state index in [2.05, 4.69) is 58.1 Å². The first-order valence-corrected chi connectivity index (χ1v) is 9.85. The van der Waals surface area contributed by atoms with E-state index in [1.807, 2.05) is 0 Å². The van der Waals surface area contributed by atoms with Gasteiger partial charge >= 0.3 is 0 Å². The average molecular weight is 329 g/mol. The summed E-state index contributed by atoms with van der Waals surface area (Å²) in [6.07, 6.45) is 18.4. The van der Waals surface area contributed by atoms with E-state index in [0.717, 1.165) is 5.92 Å². The smallest absolute Gasteiger partial charge is 0.00656 e. The molecule has 0 aromatic heterocycles. The minimum atomic E-state index is 0.276. The zero-order valence-corrected chi connectivity index (χ0v) is 16.1. The van der Waals surface area contributed by atoms with Gasteiger partial charge in [0.1, 0.15) is 0 Å². The maximum atomic E-state index is 4.80. The Kier molecular flexibility index (Phi) is 4.97. The number of hydrogen-bond donors (Lipinski definition) is 1. The van der Waals surface area contributed by atoms with Crippen molar-refractivity contribution in [2.75, 3.05) is 0 Å². The van der Waals surface area contributed by atoms with Gasteiger partial charge in [0.15, 0.2) is 0 Å². The quantitative estimate of drug-likeness (QED) is 0.421. The molecular formula is C22H32S. The van der Waals surface area contributed by atoms with Gasteiger partial charge in [0.25, 0.3) is 0 Å². The molecule has 0 fully saturated rings. The van der Waals surface area contributed by atoms with Crippen LogP contribution in [0.25, 0.3) is 0 Å². The number of allylic oxidation sites excluding steroid dienone is 7. The second-order valence-electron chi connectivity index (χ2n) is 8.38. The Morgan fingerprint density at radius 1 is 1.09 bits per heavy atom. The SMILES string of the molecule is CC1C=CC(C)(C2=CCCC(C3=C(S)C=CC(C)C3)C2C)CC1. The largest absolute Gasteiger partial charge is 0.143 e. The van der Waals surface area contributed by atoms with Crippen LogP contribution in [-0.2, 0) is 0 Å². The van der Waals surface area contributed by atoms with Crippen LogP contribution in [0.2, 0.25) is 0 Å². The Morgan fingerprint density at radius 2 is 1.87 bits per heavy atom. The molecule has 0 saturated carbocycles. The predicted molar refractivity (Wildman–Crippen MR) is 105 cm³/mol. The molecule has 23 heavy (non-hydrogen) atoms. The maximum absolute atomic E-state index is 4.80. The van der Waals surface area contributed by atoms with Gasteiger partial charge < -0.3 is 0 Å². The molecule has 126 valence electrons. The fourth-order valence-electron chi connectivity index (χ4n) is 4.85. The fraction of sp³-hybridized carbons (Fsp3) is 0.636. The van der Waals surface area contributed by atoms with E-state index in [9.17, 15) is 0 Å². The second kappa shape index (κ2) is 6.67. The summed E-state index contributed by atoms with van der Waals surface area (Å²) in [4.78, 5) is 1.24. The first-order valence-electron chi connectivity index (χ1n) is 9.41. The van der Waals surface area contributed by atoms with E-state index >= 15 is 0 Å². The van der Waals surface area contributed by atoms with Gasteiger partial charge in [-0.1, -0.05) is 69.2 Å². The molecule has 0 N–H and O–H groups in total. The lowest BCUT2D eigenvalue weighted by Crippen LogP contribution is -2.31. The molecule has 0 aliphatic heterocycles. The topological polar surface area (TPSA) is 0 Å². The summed E-state index contributed by atoms with van der Waals surface area (Å²) in [6.45, 7) is 9.59. The first-order chi connectivity index (χ1) is 10.9. The predicted octanol–water partition coefficient (Wildman–Crippen LogP) is 6.73. The van der Waals surface area contributed by atoms with Crippen LogP contribution in [0.1, 0.15) is 59.8 Å². The second-order valence-corrected chi connectivity index (χ2v) is 8.86. The van der Waals surface area contributed by atoms with Crippen LogP contribution in [0.3, 0.4) is 0 Å². The van der Waals surface area contributed by atoms with Gasteiger partial charge in [-0.05, 0) is 55.8 Å². The van der Waals surface area contributed by atoms with E-state index in [4.69, 9.17) is 12.6 Å². The summed E-state index contributed by atoms with van der Waals surface area (Å²) < 4.78 is 0. The van der Waals surface area contributed by atoms with Crippen LogP contribution < -0.4 is 0 Å². The van der Waals surface area contributed by atoms with Gasteiger partial charge in [-0.25, -0.2) is 0 Å². The molecule has 0 amide bonds. The molecule has 0 nitrogen and oxygen atoms in total. The summed E-state index contributed by atoms with van der Waals surface area (Å²) in [5.74, 6) is 2.73. The normalized spacial score (nSPS) is 41.2. The highest BCUT2D eigenvalue weighted by Crippen LogP contribution is 2.50. The Balaban J connectivity index is 1.87. The van der Waals surface area contributed by atoms with Crippen molar-refractivity contribution in [3.8, 4) is 0 Å². The highest BCUT2D eigenvalue weighted by atomic mass is 32.1. The highest BCUT2D eigenvalue weighted by Gasteiger charge is 2.38. The van der Waals surface area contributed by atoms with Crippen LogP contribution in [0.5, 0.6) is 0 Å². The molecule has 1 heteroatoms. The van der Waals surface area contributed by atoms with Crippen LogP contribution in [0, 0.1) is 29.1 Å². The van der Waals surface area contributed by atoms with Crippen molar-refractivity contribution in [3.05, 3.63) is 46.4 Å². The van der Waals surface area contributed by atoms with Crippen molar-refractivity contribution in [2.24, 2.45) is 29.1 Å². The lowest BCUT2D eigenvalue weighted by Gasteiger charge is -2.43. The maximum Gasteiger partial charge on any atom is 0.00656 e. The molecule has 0 aromatic carbocycles. The molecule has 3 aliphatic rings. The summed E-state index contributed by atoms with van der Waals surface area (Å²) in [7, 11) is 0. The first kappa shape index (κ1) is 17.1. The number of hydrogen-bond acceptors (Lipinski definition) is 1. The Morgan fingerprint density at radius 3 is 2.57 bits per heavy atom. The van der Waals surface area contributed by atoms with Crippen molar-refractivity contribution in [1.82, 2.24) is 0 Å². The van der Waals surface area contributed by atoms with Gasteiger partial charge in [0.2, 0.25) is 0 Å². The third kappa shape index (κ3) is 3.40. The lowest BCUT2D eigenvalue weighted by atomic mass is 9.62. The van der Waals surface area contributed by atoms with Crippen molar-refractivity contribution >= 4 is 12.6 Å². The third-order valence-electron chi connectivity index (χ3n) is 6.41. The van der Waals surface area contributed by atoms with Crippen LogP contribution >= 0.6 is 12.6 Å². The molecule has 5 atom stereocenters. The van der Waals surface area contributed by atoms with Gasteiger partial charge in [-0.3, -0.25) is 0 Å². The zero-order chi connectivity index (χ0) is 16.6. The summed E-state index contributed by atoms with van der Waals surface area (Å²) >= 11 is 4.80. The van der Waals surface area contributed by atoms with Crippen LogP contribution in [-0.4, -0.2) is 0 Å². The van der Waals surface area contributed by atoms with E-state index < -0.39 is 0 Å². The monoisotopic (exact) mass is 328 g/mol. The lowest BCUT2D eigenvalue weighted by molar-refractivity contribution is 0.301. The molecule has 0 radical (unpaired) electrons. The Bertz CT molecular complexity index is 577. The van der Waals surface area contributed by atoms with Crippen LogP contribution in [0.4, 0.5) is 0 Å². The van der Waals surface area contributed by atoms with Gasteiger partial charge in [-0.15, -0.1) is 12.6 Å². The van der Waals surface area contributed by atoms with E-state index in [-0.39, 0.29) is 5.41 Å². The molecule has 5 unspecified atom stereocenters. The van der Waals surface area contributed by atoms with Crippen molar-refractivity contribution in [2.45, 2.75) is 59.8 Å². The minimum absolute atomic E-state index is 0.276. The standard InChI is InChI=1S/C22H32S/c1-15-10-12-22(4,13-11-15)20-7-5-6-18(17(20)3)19-14-16(2)8-9-21(19)23/h7-10,12,15-18,23H,5-6,11,13-14H2,1-4H3. The molecule has 0 spiro atoms. The average Bonchev–Trinajstić information content (AvgIpc) is 2.53. The molecular weight excluding hydrogens is 296 g/mol. The Hall–Kier alpha value is -0.690. The summed E-state index contributed by atoms with van der Waals surface area (Å²) in [5.41, 5.74) is 3.57. The fourth-order valence-corrected chi connectivity index (χ4v) is 5.19. The van der Waals surface area contributed by atoms with Crippen molar-refractivity contribution < 1.29 is 0 Å². The van der Waals surface area contributed by atoms with Gasteiger partial charge in [0.05, 0.1) is 0 Å². The Labute approximate surface area is 148 Å². The van der Waals surface area contributed by atoms with E-state index in [1.165, 1.54) is 37.0 Å². The highest BCUT2D eigenvalue weighted by molar-refractivity contribution is 7.84. The number of rotatable bonds is 2. The van der Waals surface area contributed by atoms with Gasteiger partial charge in [0, 0.05) is 10.3 Å². The zero-order valence-electron chi connectivity index (χ0n) is 15.2. The molecule has 0 bridgehead atoms.